The molecule has 2 aromatic carbocycles. The van der Waals surface area contributed by atoms with Crippen molar-refractivity contribution in [3.63, 3.8) is 0 Å². The molecule has 148 valence electrons. The molecule has 0 fully saturated rings. The Morgan fingerprint density at radius 3 is 2.17 bits per heavy atom. The van der Waals surface area contributed by atoms with Crippen LogP contribution in [-0.4, -0.2) is 34.1 Å². The lowest BCUT2D eigenvalue weighted by Gasteiger charge is -2.03. The van der Waals surface area contributed by atoms with E-state index in [4.69, 9.17) is 0 Å². The zero-order valence-corrected chi connectivity index (χ0v) is 16.2. The number of nitrogens with zero attached hydrogens (tertiary/aromatic N) is 6. The Hall–Kier alpha value is -4.27. The lowest BCUT2D eigenvalue weighted by Crippen LogP contribution is -2.37. The fourth-order valence-electron chi connectivity index (χ4n) is 3.52. The minimum absolute atomic E-state index is 0.0401. The second-order valence-corrected chi connectivity index (χ2v) is 6.89. The summed E-state index contributed by atoms with van der Waals surface area (Å²) in [5.74, 6) is -0.0439. The number of imidazole rings is 1. The van der Waals surface area contributed by atoms with Gasteiger partial charge in [0.2, 0.25) is 17.4 Å². The van der Waals surface area contributed by atoms with E-state index in [1.165, 1.54) is 27.7 Å². The van der Waals surface area contributed by atoms with Crippen LogP contribution in [0.1, 0.15) is 16.2 Å². The smallest absolute Gasteiger partial charge is 0.285 e. The molecular formula is C21H16N6O3. The van der Waals surface area contributed by atoms with Crippen LogP contribution < -0.4 is 11.2 Å². The van der Waals surface area contributed by atoms with Gasteiger partial charge < -0.3 is 0 Å². The van der Waals surface area contributed by atoms with Crippen LogP contribution in [0.3, 0.4) is 0 Å². The number of hydrogen-bond acceptors (Lipinski definition) is 5. The van der Waals surface area contributed by atoms with Crippen molar-refractivity contribution in [2.24, 2.45) is 14.1 Å². The van der Waals surface area contributed by atoms with E-state index in [0.29, 0.717) is 11.3 Å². The summed E-state index contributed by atoms with van der Waals surface area (Å²) in [7, 11) is 2.93. The predicted molar refractivity (Wildman–Crippen MR) is 110 cm³/mol. The molecule has 0 bridgehead atoms. The second kappa shape index (κ2) is 6.38. The van der Waals surface area contributed by atoms with Gasteiger partial charge in [0, 0.05) is 19.7 Å². The molecule has 0 amide bonds. The Balaban J connectivity index is 1.96. The highest BCUT2D eigenvalue weighted by Crippen LogP contribution is 2.20. The Kier molecular flexibility index (Phi) is 3.78. The summed E-state index contributed by atoms with van der Waals surface area (Å²) in [5.41, 5.74) is 0.370. The van der Waals surface area contributed by atoms with Crippen LogP contribution >= 0.6 is 0 Å². The summed E-state index contributed by atoms with van der Waals surface area (Å²) in [6, 6.07) is 17.9. The first-order valence-corrected chi connectivity index (χ1v) is 9.21. The maximum atomic E-state index is 13.3. The number of para-hydroxylation sites is 1. The van der Waals surface area contributed by atoms with Gasteiger partial charge in [0.15, 0.2) is 11.2 Å². The number of benzene rings is 2. The van der Waals surface area contributed by atoms with Crippen LogP contribution in [0.25, 0.3) is 22.6 Å². The molecule has 0 aliphatic carbocycles. The van der Waals surface area contributed by atoms with Crippen LogP contribution in [0.4, 0.5) is 0 Å². The second-order valence-electron chi connectivity index (χ2n) is 6.89. The highest BCUT2D eigenvalue weighted by Gasteiger charge is 2.26. The van der Waals surface area contributed by atoms with Crippen LogP contribution in [0, 0.1) is 0 Å². The number of carbonyl (C=O) groups excluding carboxylic acids is 1. The SMILES string of the molecule is Cn1c(=O)c2c(nc3n(-c4ccccc4)nc(C(=O)c4ccccc4)n23)n(C)c1=O. The van der Waals surface area contributed by atoms with Crippen molar-refractivity contribution in [2.45, 2.75) is 0 Å². The molecule has 0 aliphatic rings. The molecule has 0 unspecified atom stereocenters. The first-order chi connectivity index (χ1) is 14.5. The van der Waals surface area contributed by atoms with Gasteiger partial charge in [-0.1, -0.05) is 48.5 Å². The molecule has 3 heterocycles. The molecule has 9 heteroatoms. The minimum Gasteiger partial charge on any atom is -0.285 e. The van der Waals surface area contributed by atoms with Gasteiger partial charge >= 0.3 is 5.69 Å². The monoisotopic (exact) mass is 400 g/mol. The normalized spacial score (nSPS) is 11.4. The number of aromatic nitrogens is 6. The van der Waals surface area contributed by atoms with Gasteiger partial charge in [-0.05, 0) is 12.1 Å². The van der Waals surface area contributed by atoms with E-state index in [1.54, 1.807) is 24.3 Å². The summed E-state index contributed by atoms with van der Waals surface area (Å²) in [6.45, 7) is 0. The Labute approximate surface area is 169 Å². The third-order valence-electron chi connectivity index (χ3n) is 5.08. The molecule has 0 aliphatic heterocycles. The van der Waals surface area contributed by atoms with Crippen LogP contribution in [-0.2, 0) is 14.1 Å². The molecule has 0 saturated heterocycles. The van der Waals surface area contributed by atoms with Crippen molar-refractivity contribution < 1.29 is 4.79 Å². The number of ketones is 1. The molecule has 9 nitrogen and oxygen atoms in total. The molecule has 0 atom stereocenters. The third-order valence-corrected chi connectivity index (χ3v) is 5.08. The molecule has 0 spiro atoms. The maximum Gasteiger partial charge on any atom is 0.332 e. The first kappa shape index (κ1) is 17.8. The predicted octanol–water partition coefficient (Wildman–Crippen LogP) is 1.30. The van der Waals surface area contributed by atoms with Gasteiger partial charge in [-0.25, -0.2) is 9.20 Å². The van der Waals surface area contributed by atoms with Crippen LogP contribution in [0.15, 0.2) is 70.3 Å². The van der Waals surface area contributed by atoms with E-state index >= 15 is 0 Å². The maximum absolute atomic E-state index is 13.3. The number of carbonyl (C=O) groups is 1. The van der Waals surface area contributed by atoms with Gasteiger partial charge in [0.1, 0.15) is 0 Å². The van der Waals surface area contributed by atoms with E-state index < -0.39 is 11.2 Å². The fraction of sp³-hybridized carbons (Fsp3) is 0.0952. The summed E-state index contributed by atoms with van der Waals surface area (Å²) in [5, 5.41) is 4.50. The van der Waals surface area contributed by atoms with E-state index in [0.717, 1.165) is 4.57 Å². The van der Waals surface area contributed by atoms with Crippen molar-refractivity contribution in [1.29, 1.82) is 0 Å². The average molecular weight is 400 g/mol. The van der Waals surface area contributed by atoms with Crippen molar-refractivity contribution in [3.05, 3.63) is 92.9 Å². The quantitative estimate of drug-likeness (QED) is 0.426. The van der Waals surface area contributed by atoms with E-state index in [-0.39, 0.29) is 28.5 Å². The highest BCUT2D eigenvalue weighted by molar-refractivity contribution is 6.07. The summed E-state index contributed by atoms with van der Waals surface area (Å²) < 4.78 is 5.21. The van der Waals surface area contributed by atoms with E-state index in [9.17, 15) is 14.4 Å². The lowest BCUT2D eigenvalue weighted by molar-refractivity contribution is 0.102. The van der Waals surface area contributed by atoms with Crippen molar-refractivity contribution in [3.8, 4) is 5.69 Å². The highest BCUT2D eigenvalue weighted by atomic mass is 16.2. The standard InChI is InChI=1S/C21H16N6O3/c1-24-17-15(19(29)25(2)21(24)30)26-18(16(28)13-9-5-3-6-10-13)23-27(20(26)22-17)14-11-7-4-8-12-14/h3-12H,1-2H3. The molecule has 5 aromatic rings. The fourth-order valence-corrected chi connectivity index (χ4v) is 3.52. The number of aryl methyl sites for hydroxylation is 1. The lowest BCUT2D eigenvalue weighted by atomic mass is 10.1. The summed E-state index contributed by atoms with van der Waals surface area (Å²) in [6.07, 6.45) is 0. The Morgan fingerprint density at radius 2 is 1.50 bits per heavy atom. The molecule has 3 aromatic heterocycles. The molecule has 5 rings (SSSR count). The van der Waals surface area contributed by atoms with Crippen molar-refractivity contribution in [2.75, 3.05) is 0 Å². The number of fused-ring (bicyclic) bond motifs is 3. The molecule has 0 N–H and O–H groups in total. The molecule has 30 heavy (non-hydrogen) atoms. The van der Waals surface area contributed by atoms with Crippen molar-refractivity contribution >= 4 is 22.7 Å². The number of rotatable bonds is 3. The van der Waals surface area contributed by atoms with Gasteiger partial charge in [0.25, 0.3) is 5.56 Å². The number of hydrogen-bond donors (Lipinski definition) is 0. The summed E-state index contributed by atoms with van der Waals surface area (Å²) in [4.78, 5) is 43.2. The van der Waals surface area contributed by atoms with Crippen LogP contribution in [0.5, 0.6) is 0 Å². The average Bonchev–Trinajstić information content (AvgIpc) is 3.35. The van der Waals surface area contributed by atoms with Crippen molar-refractivity contribution in [1.82, 2.24) is 28.3 Å². The molecular weight excluding hydrogens is 384 g/mol. The Morgan fingerprint density at radius 1 is 0.867 bits per heavy atom. The zero-order valence-electron chi connectivity index (χ0n) is 16.2. The molecule has 0 saturated carbocycles. The van der Waals surface area contributed by atoms with E-state index in [2.05, 4.69) is 10.1 Å². The van der Waals surface area contributed by atoms with Crippen LogP contribution in [0.2, 0.25) is 0 Å². The van der Waals surface area contributed by atoms with Gasteiger partial charge in [-0.3, -0.25) is 18.7 Å². The molecule has 0 radical (unpaired) electrons. The third kappa shape index (κ3) is 2.38. The zero-order chi connectivity index (χ0) is 21.0. The summed E-state index contributed by atoms with van der Waals surface area (Å²) >= 11 is 0. The Bertz CT molecular complexity index is 1560. The van der Waals surface area contributed by atoms with E-state index in [1.807, 2.05) is 36.4 Å². The minimum atomic E-state index is -0.546. The topological polar surface area (TPSA) is 96.2 Å². The largest absolute Gasteiger partial charge is 0.332 e. The first-order valence-electron chi connectivity index (χ1n) is 9.21. The van der Waals surface area contributed by atoms with Gasteiger partial charge in [-0.15, -0.1) is 5.10 Å². The van der Waals surface area contributed by atoms with Gasteiger partial charge in [-0.2, -0.15) is 9.67 Å². The van der Waals surface area contributed by atoms with Gasteiger partial charge in [0.05, 0.1) is 5.69 Å².